The van der Waals surface area contributed by atoms with Crippen LogP contribution in [0.15, 0.2) is 24.3 Å². The van der Waals surface area contributed by atoms with Crippen molar-refractivity contribution in [2.75, 3.05) is 19.7 Å². The summed E-state index contributed by atoms with van der Waals surface area (Å²) in [4.78, 5) is 22.6. The molecule has 2 N–H and O–H groups in total. The first-order chi connectivity index (χ1) is 9.65. The first kappa shape index (κ1) is 15.5. The fourth-order valence-corrected chi connectivity index (χ4v) is 1.43. The average Bonchev–Trinajstić information content (AvgIpc) is 2.46. The molecule has 6 nitrogen and oxygen atoms in total. The van der Waals surface area contributed by atoms with E-state index in [9.17, 15) is 9.59 Å². The second kappa shape index (κ2) is 8.53. The van der Waals surface area contributed by atoms with Crippen LogP contribution in [0.5, 0.6) is 5.75 Å². The lowest BCUT2D eigenvalue weighted by molar-refractivity contribution is -0.123. The Morgan fingerprint density at radius 2 is 1.90 bits per heavy atom. The van der Waals surface area contributed by atoms with Crippen molar-refractivity contribution in [3.63, 3.8) is 0 Å². The molecule has 0 saturated carbocycles. The van der Waals surface area contributed by atoms with E-state index < -0.39 is 0 Å². The van der Waals surface area contributed by atoms with Crippen molar-refractivity contribution in [1.29, 1.82) is 5.26 Å². The van der Waals surface area contributed by atoms with Crippen LogP contribution in [0.25, 0.3) is 0 Å². The molecule has 0 aliphatic rings. The molecule has 1 rings (SSSR count). The van der Waals surface area contributed by atoms with Gasteiger partial charge in [0.05, 0.1) is 11.6 Å². The third kappa shape index (κ3) is 5.87. The lowest BCUT2D eigenvalue weighted by Crippen LogP contribution is -2.33. The van der Waals surface area contributed by atoms with E-state index in [0.29, 0.717) is 17.9 Å². The molecular formula is C14H17N3O3. The number of nitrogens with one attached hydrogen (secondary N) is 2. The average molecular weight is 275 g/mol. The number of rotatable bonds is 7. The van der Waals surface area contributed by atoms with Crippen molar-refractivity contribution in [1.82, 2.24) is 10.6 Å². The van der Waals surface area contributed by atoms with E-state index in [2.05, 4.69) is 10.6 Å². The monoisotopic (exact) mass is 275 g/mol. The molecule has 0 aliphatic carbocycles. The van der Waals surface area contributed by atoms with Gasteiger partial charge in [-0.25, -0.2) is 0 Å². The first-order valence-corrected chi connectivity index (χ1v) is 6.32. The minimum absolute atomic E-state index is 0.0965. The molecular weight excluding hydrogens is 258 g/mol. The van der Waals surface area contributed by atoms with Crippen molar-refractivity contribution < 1.29 is 14.3 Å². The summed E-state index contributed by atoms with van der Waals surface area (Å²) in [5.41, 5.74) is 0.531. The molecule has 0 aliphatic heterocycles. The minimum Gasteiger partial charge on any atom is -0.484 e. The third-order valence-corrected chi connectivity index (χ3v) is 2.40. The van der Waals surface area contributed by atoms with Gasteiger partial charge in [0.15, 0.2) is 6.61 Å². The zero-order valence-corrected chi connectivity index (χ0v) is 11.3. The second-order valence-corrected chi connectivity index (χ2v) is 3.98. The summed E-state index contributed by atoms with van der Waals surface area (Å²) < 4.78 is 5.25. The van der Waals surface area contributed by atoms with Crippen LogP contribution in [0.3, 0.4) is 0 Å². The lowest BCUT2D eigenvalue weighted by Gasteiger charge is -2.07. The van der Waals surface area contributed by atoms with E-state index in [1.165, 1.54) is 0 Å². The quantitative estimate of drug-likeness (QED) is 0.761. The van der Waals surface area contributed by atoms with Crippen molar-refractivity contribution in [3.8, 4) is 11.8 Å². The molecule has 2 amide bonds. The summed E-state index contributed by atoms with van der Waals surface area (Å²) in [5.74, 6) is 0.127. The number of nitrogens with zero attached hydrogens (tertiary/aromatic N) is 1. The van der Waals surface area contributed by atoms with Gasteiger partial charge in [0, 0.05) is 19.5 Å². The molecule has 6 heteroatoms. The van der Waals surface area contributed by atoms with Crippen LogP contribution in [-0.4, -0.2) is 31.5 Å². The van der Waals surface area contributed by atoms with Crippen molar-refractivity contribution >= 4 is 11.8 Å². The van der Waals surface area contributed by atoms with Gasteiger partial charge in [-0.05, 0) is 31.2 Å². The Morgan fingerprint density at radius 1 is 1.20 bits per heavy atom. The molecule has 0 atom stereocenters. The normalized spacial score (nSPS) is 9.40. The number of hydrogen-bond acceptors (Lipinski definition) is 4. The lowest BCUT2D eigenvalue weighted by atomic mass is 10.2. The summed E-state index contributed by atoms with van der Waals surface area (Å²) in [5, 5.41) is 13.9. The summed E-state index contributed by atoms with van der Waals surface area (Å²) in [6.45, 7) is 2.57. The van der Waals surface area contributed by atoms with Crippen LogP contribution in [-0.2, 0) is 9.59 Å². The molecule has 0 heterocycles. The number of benzene rings is 1. The van der Waals surface area contributed by atoms with Gasteiger partial charge in [-0.1, -0.05) is 0 Å². The number of amides is 2. The zero-order chi connectivity index (χ0) is 14.8. The number of hydrogen-bond donors (Lipinski definition) is 2. The van der Waals surface area contributed by atoms with Gasteiger partial charge in [0.25, 0.3) is 5.91 Å². The SMILES string of the molecule is CCNC(=O)CCNC(=O)COc1ccc(C#N)cc1. The number of carbonyl (C=O) groups is 2. The highest BCUT2D eigenvalue weighted by Crippen LogP contribution is 2.10. The Labute approximate surface area is 117 Å². The van der Waals surface area contributed by atoms with Crippen LogP contribution < -0.4 is 15.4 Å². The molecule has 1 aromatic carbocycles. The molecule has 20 heavy (non-hydrogen) atoms. The number of carbonyl (C=O) groups excluding carboxylic acids is 2. The molecule has 0 bridgehead atoms. The molecule has 0 fully saturated rings. The van der Waals surface area contributed by atoms with Gasteiger partial charge < -0.3 is 15.4 Å². The molecule has 0 aromatic heterocycles. The maximum atomic E-state index is 11.5. The van der Waals surface area contributed by atoms with Crippen molar-refractivity contribution in [3.05, 3.63) is 29.8 Å². The highest BCUT2D eigenvalue weighted by molar-refractivity contribution is 5.79. The smallest absolute Gasteiger partial charge is 0.257 e. The van der Waals surface area contributed by atoms with E-state index in [0.717, 1.165) is 0 Å². The second-order valence-electron chi connectivity index (χ2n) is 3.98. The maximum Gasteiger partial charge on any atom is 0.257 e. The van der Waals surface area contributed by atoms with E-state index in [-0.39, 0.29) is 31.4 Å². The molecule has 106 valence electrons. The van der Waals surface area contributed by atoms with E-state index in [1.54, 1.807) is 24.3 Å². The van der Waals surface area contributed by atoms with Crippen molar-refractivity contribution in [2.45, 2.75) is 13.3 Å². The molecule has 0 spiro atoms. The van der Waals surface area contributed by atoms with E-state index >= 15 is 0 Å². The molecule has 1 aromatic rings. The van der Waals surface area contributed by atoms with Crippen molar-refractivity contribution in [2.24, 2.45) is 0 Å². The van der Waals surface area contributed by atoms with E-state index in [1.807, 2.05) is 13.0 Å². The Balaban J connectivity index is 2.22. The fourth-order valence-electron chi connectivity index (χ4n) is 1.43. The van der Waals surface area contributed by atoms with Gasteiger partial charge in [-0.3, -0.25) is 9.59 Å². The predicted molar refractivity (Wildman–Crippen MR) is 73.0 cm³/mol. The summed E-state index contributed by atoms with van der Waals surface area (Å²) in [6.07, 6.45) is 0.246. The van der Waals surface area contributed by atoms with Gasteiger partial charge in [0.2, 0.25) is 5.91 Å². The predicted octanol–water partition coefficient (Wildman–Crippen LogP) is 0.579. The Kier molecular flexibility index (Phi) is 6.62. The molecule has 0 radical (unpaired) electrons. The third-order valence-electron chi connectivity index (χ3n) is 2.40. The summed E-state index contributed by atoms with van der Waals surface area (Å²) in [7, 11) is 0. The highest BCUT2D eigenvalue weighted by atomic mass is 16.5. The van der Waals surface area contributed by atoms with Gasteiger partial charge >= 0.3 is 0 Å². The summed E-state index contributed by atoms with van der Waals surface area (Å²) >= 11 is 0. The fraction of sp³-hybridized carbons (Fsp3) is 0.357. The van der Waals surface area contributed by atoms with E-state index in [4.69, 9.17) is 10.00 Å². The Bertz CT molecular complexity index is 491. The first-order valence-electron chi connectivity index (χ1n) is 6.32. The Morgan fingerprint density at radius 3 is 2.50 bits per heavy atom. The zero-order valence-electron chi connectivity index (χ0n) is 11.3. The topological polar surface area (TPSA) is 91.2 Å². The highest BCUT2D eigenvalue weighted by Gasteiger charge is 2.04. The Hall–Kier alpha value is -2.55. The maximum absolute atomic E-state index is 11.5. The number of ether oxygens (including phenoxy) is 1. The van der Waals surface area contributed by atoms with Crippen LogP contribution >= 0.6 is 0 Å². The van der Waals surface area contributed by atoms with Gasteiger partial charge in [0.1, 0.15) is 5.75 Å². The van der Waals surface area contributed by atoms with Crippen LogP contribution in [0.2, 0.25) is 0 Å². The molecule has 0 saturated heterocycles. The summed E-state index contributed by atoms with van der Waals surface area (Å²) in [6, 6.07) is 8.47. The van der Waals surface area contributed by atoms with Crippen LogP contribution in [0.1, 0.15) is 18.9 Å². The largest absolute Gasteiger partial charge is 0.484 e. The molecule has 0 unspecified atom stereocenters. The van der Waals surface area contributed by atoms with Crippen LogP contribution in [0.4, 0.5) is 0 Å². The standard InChI is InChI=1S/C14H17N3O3/c1-2-16-13(18)7-8-17-14(19)10-20-12-5-3-11(9-15)4-6-12/h3-6H,2,7-8,10H2,1H3,(H,16,18)(H,17,19). The van der Waals surface area contributed by atoms with Crippen LogP contribution in [0, 0.1) is 11.3 Å². The van der Waals surface area contributed by atoms with Gasteiger partial charge in [-0.15, -0.1) is 0 Å². The number of nitriles is 1. The minimum atomic E-state index is -0.293. The van der Waals surface area contributed by atoms with Gasteiger partial charge in [-0.2, -0.15) is 5.26 Å².